The SMILES string of the molecule is Cc1ccc(OC[C@H](C)NS(=O)(=O)c2ccc3c(c2)sc(=O)n3Cc2ccccc2)cc1. The molecule has 0 saturated carbocycles. The molecule has 0 aliphatic rings. The summed E-state index contributed by atoms with van der Waals surface area (Å²) in [6, 6.07) is 21.6. The quantitative estimate of drug-likeness (QED) is 0.421. The number of thiazole rings is 1. The highest BCUT2D eigenvalue weighted by molar-refractivity contribution is 7.89. The molecule has 0 unspecified atom stereocenters. The van der Waals surface area contributed by atoms with Crippen LogP contribution in [0.2, 0.25) is 0 Å². The molecule has 1 atom stereocenters. The van der Waals surface area contributed by atoms with Crippen molar-refractivity contribution in [3.63, 3.8) is 0 Å². The van der Waals surface area contributed by atoms with E-state index in [1.54, 1.807) is 23.6 Å². The van der Waals surface area contributed by atoms with Crippen molar-refractivity contribution < 1.29 is 13.2 Å². The Morgan fingerprint density at radius 1 is 1.03 bits per heavy atom. The Kier molecular flexibility index (Phi) is 6.45. The highest BCUT2D eigenvalue weighted by Gasteiger charge is 2.20. The average molecular weight is 469 g/mol. The Bertz CT molecular complexity index is 1380. The zero-order chi connectivity index (χ0) is 22.7. The Labute approximate surface area is 191 Å². The third-order valence-corrected chi connectivity index (χ3v) is 7.54. The first-order valence-electron chi connectivity index (χ1n) is 10.2. The lowest BCUT2D eigenvalue weighted by Crippen LogP contribution is -2.36. The molecule has 0 saturated heterocycles. The van der Waals surface area contributed by atoms with Crippen LogP contribution in [-0.4, -0.2) is 25.6 Å². The molecule has 8 heteroatoms. The van der Waals surface area contributed by atoms with Gasteiger partial charge in [-0.1, -0.05) is 59.4 Å². The summed E-state index contributed by atoms with van der Waals surface area (Å²) in [5, 5.41) is 0. The van der Waals surface area contributed by atoms with Crippen molar-refractivity contribution in [1.29, 1.82) is 0 Å². The predicted octanol–water partition coefficient (Wildman–Crippen LogP) is 4.17. The van der Waals surface area contributed by atoms with E-state index in [0.29, 0.717) is 17.0 Å². The first-order chi connectivity index (χ1) is 15.3. The minimum Gasteiger partial charge on any atom is -0.492 e. The van der Waals surface area contributed by atoms with Crippen LogP contribution in [0.1, 0.15) is 18.1 Å². The number of hydrogen-bond donors (Lipinski definition) is 1. The second-order valence-corrected chi connectivity index (χ2v) is 10.4. The minimum absolute atomic E-state index is 0.119. The maximum Gasteiger partial charge on any atom is 0.308 e. The molecule has 3 aromatic carbocycles. The van der Waals surface area contributed by atoms with Crippen molar-refractivity contribution in [1.82, 2.24) is 9.29 Å². The van der Waals surface area contributed by atoms with Crippen molar-refractivity contribution in [3.8, 4) is 5.75 Å². The number of ether oxygens (including phenoxy) is 1. The fraction of sp³-hybridized carbons (Fsp3) is 0.208. The summed E-state index contributed by atoms with van der Waals surface area (Å²) in [6.07, 6.45) is 0. The van der Waals surface area contributed by atoms with Crippen molar-refractivity contribution in [2.45, 2.75) is 31.3 Å². The van der Waals surface area contributed by atoms with Crippen molar-refractivity contribution in [2.24, 2.45) is 0 Å². The highest BCUT2D eigenvalue weighted by atomic mass is 32.2. The number of fused-ring (bicyclic) bond motifs is 1. The summed E-state index contributed by atoms with van der Waals surface area (Å²) in [6.45, 7) is 4.38. The van der Waals surface area contributed by atoms with Crippen LogP contribution >= 0.6 is 11.3 Å². The lowest BCUT2D eigenvalue weighted by Gasteiger charge is -2.15. The largest absolute Gasteiger partial charge is 0.492 e. The molecule has 4 rings (SSSR count). The first-order valence-corrected chi connectivity index (χ1v) is 12.5. The van der Waals surface area contributed by atoms with Crippen molar-refractivity contribution in [2.75, 3.05) is 6.61 Å². The molecule has 0 fully saturated rings. The molecule has 6 nitrogen and oxygen atoms in total. The topological polar surface area (TPSA) is 77.4 Å². The van der Waals surface area contributed by atoms with Gasteiger partial charge in [-0.25, -0.2) is 13.1 Å². The zero-order valence-corrected chi connectivity index (χ0v) is 19.4. The minimum atomic E-state index is -3.76. The summed E-state index contributed by atoms with van der Waals surface area (Å²) < 4.78 is 36.4. The van der Waals surface area contributed by atoms with Gasteiger partial charge in [0.2, 0.25) is 10.0 Å². The van der Waals surface area contributed by atoms with Crippen LogP contribution in [0.5, 0.6) is 5.75 Å². The molecule has 1 heterocycles. The van der Waals surface area contributed by atoms with Crippen LogP contribution in [0.25, 0.3) is 10.2 Å². The second-order valence-electron chi connectivity index (χ2n) is 7.72. The van der Waals surface area contributed by atoms with Gasteiger partial charge in [0.25, 0.3) is 0 Å². The third-order valence-electron chi connectivity index (χ3n) is 5.01. The molecule has 0 spiro atoms. The van der Waals surface area contributed by atoms with Gasteiger partial charge in [0.1, 0.15) is 12.4 Å². The standard InChI is InChI=1S/C24H24N2O4S2/c1-17-8-10-20(11-9-17)30-16-18(2)25-32(28,29)21-12-13-22-23(14-21)31-24(27)26(22)15-19-6-4-3-5-7-19/h3-14,18,25H,15-16H2,1-2H3/t18-/m0/s1. The van der Waals surface area contributed by atoms with Gasteiger partial charge in [-0.3, -0.25) is 9.36 Å². The van der Waals surface area contributed by atoms with Gasteiger partial charge >= 0.3 is 4.87 Å². The highest BCUT2D eigenvalue weighted by Crippen LogP contribution is 2.23. The monoisotopic (exact) mass is 468 g/mol. The molecule has 32 heavy (non-hydrogen) atoms. The van der Waals surface area contributed by atoms with E-state index in [1.165, 1.54) is 6.07 Å². The fourth-order valence-corrected chi connectivity index (χ4v) is 5.61. The second kappa shape index (κ2) is 9.28. The molecular weight excluding hydrogens is 444 g/mol. The van der Waals surface area contributed by atoms with Crippen LogP contribution in [0.4, 0.5) is 0 Å². The molecule has 0 amide bonds. The molecule has 0 aliphatic carbocycles. The van der Waals surface area contributed by atoms with Crippen LogP contribution in [0.15, 0.2) is 82.5 Å². The van der Waals surface area contributed by atoms with Crippen LogP contribution in [0, 0.1) is 6.92 Å². The number of benzene rings is 3. The summed E-state index contributed by atoms with van der Waals surface area (Å²) in [4.78, 5) is 12.5. The molecule has 0 bridgehead atoms. The Morgan fingerprint density at radius 3 is 2.47 bits per heavy atom. The van der Waals surface area contributed by atoms with Crippen molar-refractivity contribution in [3.05, 3.63) is 93.6 Å². The van der Waals surface area contributed by atoms with E-state index >= 15 is 0 Å². The smallest absolute Gasteiger partial charge is 0.308 e. The van der Waals surface area contributed by atoms with E-state index in [1.807, 2.05) is 61.5 Å². The molecule has 1 N–H and O–H groups in total. The Balaban J connectivity index is 1.49. The van der Waals surface area contributed by atoms with E-state index < -0.39 is 16.1 Å². The first kappa shape index (κ1) is 22.3. The molecule has 166 valence electrons. The number of nitrogens with zero attached hydrogens (tertiary/aromatic N) is 1. The normalized spacial score (nSPS) is 12.7. The van der Waals surface area contributed by atoms with Gasteiger partial charge in [-0.05, 0) is 49.7 Å². The van der Waals surface area contributed by atoms with Crippen LogP contribution < -0.4 is 14.3 Å². The van der Waals surface area contributed by atoms with E-state index in [-0.39, 0.29) is 16.4 Å². The number of aromatic nitrogens is 1. The number of sulfonamides is 1. The number of rotatable bonds is 8. The third kappa shape index (κ3) is 5.09. The van der Waals surface area contributed by atoms with Gasteiger partial charge in [-0.15, -0.1) is 0 Å². The van der Waals surface area contributed by atoms with E-state index in [2.05, 4.69) is 4.72 Å². The van der Waals surface area contributed by atoms with Gasteiger partial charge in [0.05, 0.1) is 27.7 Å². The predicted molar refractivity (Wildman–Crippen MR) is 128 cm³/mol. The van der Waals surface area contributed by atoms with E-state index in [4.69, 9.17) is 4.74 Å². The van der Waals surface area contributed by atoms with Gasteiger partial charge in [0.15, 0.2) is 0 Å². The summed E-state index contributed by atoms with van der Waals surface area (Å²) >= 11 is 1.05. The zero-order valence-electron chi connectivity index (χ0n) is 17.8. The molecular formula is C24H24N2O4S2. The number of nitrogens with one attached hydrogen (secondary N) is 1. The molecule has 0 aliphatic heterocycles. The fourth-order valence-electron chi connectivity index (χ4n) is 3.35. The lowest BCUT2D eigenvalue weighted by atomic mass is 10.2. The number of aryl methyl sites for hydroxylation is 1. The van der Waals surface area contributed by atoms with E-state index in [9.17, 15) is 13.2 Å². The average Bonchev–Trinajstić information content (AvgIpc) is 3.08. The Morgan fingerprint density at radius 2 is 1.75 bits per heavy atom. The van der Waals surface area contributed by atoms with Crippen molar-refractivity contribution >= 4 is 31.6 Å². The van der Waals surface area contributed by atoms with Gasteiger partial charge in [0, 0.05) is 0 Å². The maximum absolute atomic E-state index is 12.9. The molecule has 4 aromatic rings. The van der Waals surface area contributed by atoms with E-state index in [0.717, 1.165) is 28.0 Å². The van der Waals surface area contributed by atoms with Crippen LogP contribution in [-0.2, 0) is 16.6 Å². The molecule has 0 radical (unpaired) electrons. The lowest BCUT2D eigenvalue weighted by molar-refractivity contribution is 0.287. The summed E-state index contributed by atoms with van der Waals surface area (Å²) in [5.41, 5.74) is 2.86. The van der Waals surface area contributed by atoms with Gasteiger partial charge in [-0.2, -0.15) is 0 Å². The van der Waals surface area contributed by atoms with Crippen LogP contribution in [0.3, 0.4) is 0 Å². The molecule has 1 aromatic heterocycles. The summed E-state index contributed by atoms with van der Waals surface area (Å²) in [5.74, 6) is 0.688. The Hall–Kier alpha value is -2.94. The van der Waals surface area contributed by atoms with Gasteiger partial charge < -0.3 is 4.74 Å². The number of hydrogen-bond acceptors (Lipinski definition) is 5. The summed E-state index contributed by atoms with van der Waals surface area (Å²) in [7, 11) is -3.76. The maximum atomic E-state index is 12.9.